The minimum Gasteiger partial charge on any atom is -0.396 e. The average molecular weight is 213 g/mol. The Bertz CT molecular complexity index is 220. The molecule has 1 atom stereocenters. The van der Waals surface area contributed by atoms with Gasteiger partial charge in [0.15, 0.2) is 0 Å². The highest BCUT2D eigenvalue weighted by Crippen LogP contribution is 2.34. The third-order valence-corrected chi connectivity index (χ3v) is 3.28. The number of unbranched alkanes of at least 4 members (excludes halogenated alkanes) is 1. The molecule has 0 radical (unpaired) electrons. The number of aliphatic hydroxyl groups is 1. The van der Waals surface area contributed by atoms with Crippen LogP contribution in [0.5, 0.6) is 0 Å². The minimum atomic E-state index is 0.224. The summed E-state index contributed by atoms with van der Waals surface area (Å²) in [5.74, 6) is 0.770. The Morgan fingerprint density at radius 2 is 2.07 bits per heavy atom. The SMILES string of the molecule is CC(C)(C)C1CC(=O)N(CCCCO)C1. The maximum atomic E-state index is 11.7. The summed E-state index contributed by atoms with van der Waals surface area (Å²) < 4.78 is 0. The molecular weight excluding hydrogens is 190 g/mol. The molecule has 1 saturated heterocycles. The molecule has 1 heterocycles. The molecule has 0 aromatic carbocycles. The molecule has 1 fully saturated rings. The number of hydrogen-bond donors (Lipinski definition) is 1. The zero-order chi connectivity index (χ0) is 11.5. The van der Waals surface area contributed by atoms with E-state index in [0.29, 0.717) is 12.3 Å². The fraction of sp³-hybridized carbons (Fsp3) is 0.917. The first kappa shape index (κ1) is 12.5. The lowest BCUT2D eigenvalue weighted by Gasteiger charge is -2.26. The maximum Gasteiger partial charge on any atom is 0.222 e. The van der Waals surface area contributed by atoms with E-state index < -0.39 is 0 Å². The molecule has 0 saturated carbocycles. The second-order valence-corrected chi connectivity index (χ2v) is 5.54. The number of aliphatic hydroxyl groups excluding tert-OH is 1. The molecule has 15 heavy (non-hydrogen) atoms. The number of hydrogen-bond acceptors (Lipinski definition) is 2. The quantitative estimate of drug-likeness (QED) is 0.721. The second kappa shape index (κ2) is 4.97. The summed E-state index contributed by atoms with van der Waals surface area (Å²) in [5.41, 5.74) is 0.224. The van der Waals surface area contributed by atoms with Crippen molar-refractivity contribution >= 4 is 5.91 Å². The lowest BCUT2D eigenvalue weighted by Crippen LogP contribution is -2.28. The third kappa shape index (κ3) is 3.49. The fourth-order valence-corrected chi connectivity index (χ4v) is 1.98. The summed E-state index contributed by atoms with van der Waals surface area (Å²) in [7, 11) is 0. The topological polar surface area (TPSA) is 40.5 Å². The van der Waals surface area contributed by atoms with Crippen LogP contribution in [0.4, 0.5) is 0 Å². The van der Waals surface area contributed by atoms with E-state index in [2.05, 4.69) is 20.8 Å². The molecule has 1 unspecified atom stereocenters. The van der Waals surface area contributed by atoms with Crippen LogP contribution in [0.2, 0.25) is 0 Å². The van der Waals surface area contributed by atoms with Crippen molar-refractivity contribution < 1.29 is 9.90 Å². The van der Waals surface area contributed by atoms with Gasteiger partial charge < -0.3 is 10.0 Å². The van der Waals surface area contributed by atoms with Crippen LogP contribution in [0.25, 0.3) is 0 Å². The Hall–Kier alpha value is -0.570. The molecule has 0 aliphatic carbocycles. The molecule has 1 amide bonds. The predicted octanol–water partition coefficient (Wildman–Crippen LogP) is 1.65. The zero-order valence-corrected chi connectivity index (χ0v) is 10.1. The number of likely N-dealkylation sites (tertiary alicyclic amines) is 1. The van der Waals surface area contributed by atoms with Crippen molar-refractivity contribution in [3.8, 4) is 0 Å². The molecule has 0 aromatic heterocycles. The molecule has 1 rings (SSSR count). The summed E-state index contributed by atoms with van der Waals surface area (Å²) in [6.07, 6.45) is 2.41. The highest BCUT2D eigenvalue weighted by molar-refractivity contribution is 5.78. The van der Waals surface area contributed by atoms with Crippen molar-refractivity contribution in [2.24, 2.45) is 11.3 Å². The van der Waals surface area contributed by atoms with Crippen molar-refractivity contribution in [3.05, 3.63) is 0 Å². The van der Waals surface area contributed by atoms with E-state index in [0.717, 1.165) is 25.9 Å². The number of carbonyl (C=O) groups is 1. The molecular formula is C12H23NO2. The zero-order valence-electron chi connectivity index (χ0n) is 10.1. The van der Waals surface area contributed by atoms with Gasteiger partial charge in [-0.25, -0.2) is 0 Å². The van der Waals surface area contributed by atoms with Gasteiger partial charge in [0, 0.05) is 26.1 Å². The fourth-order valence-electron chi connectivity index (χ4n) is 1.98. The molecule has 1 N–H and O–H groups in total. The van der Waals surface area contributed by atoms with E-state index in [-0.39, 0.29) is 17.9 Å². The van der Waals surface area contributed by atoms with Gasteiger partial charge in [-0.15, -0.1) is 0 Å². The van der Waals surface area contributed by atoms with Crippen molar-refractivity contribution in [3.63, 3.8) is 0 Å². The first-order valence-electron chi connectivity index (χ1n) is 5.84. The van der Waals surface area contributed by atoms with Crippen molar-refractivity contribution in [1.82, 2.24) is 4.90 Å². The van der Waals surface area contributed by atoms with Crippen LogP contribution in [-0.2, 0) is 4.79 Å². The normalized spacial score (nSPS) is 22.5. The smallest absolute Gasteiger partial charge is 0.222 e. The minimum absolute atomic E-state index is 0.224. The molecule has 3 heteroatoms. The van der Waals surface area contributed by atoms with Crippen LogP contribution < -0.4 is 0 Å². The Labute approximate surface area is 92.5 Å². The monoisotopic (exact) mass is 213 g/mol. The summed E-state index contributed by atoms with van der Waals surface area (Å²) in [4.78, 5) is 13.6. The summed E-state index contributed by atoms with van der Waals surface area (Å²) in [6.45, 7) is 8.52. The lowest BCUT2D eigenvalue weighted by atomic mass is 9.80. The van der Waals surface area contributed by atoms with Gasteiger partial charge in [0.25, 0.3) is 0 Å². The van der Waals surface area contributed by atoms with E-state index in [1.54, 1.807) is 0 Å². The van der Waals surface area contributed by atoms with Gasteiger partial charge >= 0.3 is 0 Å². The second-order valence-electron chi connectivity index (χ2n) is 5.54. The first-order chi connectivity index (χ1) is 6.95. The molecule has 3 nitrogen and oxygen atoms in total. The van der Waals surface area contributed by atoms with E-state index >= 15 is 0 Å². The number of rotatable bonds is 4. The van der Waals surface area contributed by atoms with E-state index in [4.69, 9.17) is 5.11 Å². The Balaban J connectivity index is 2.39. The molecule has 1 aliphatic heterocycles. The Morgan fingerprint density at radius 3 is 2.53 bits per heavy atom. The largest absolute Gasteiger partial charge is 0.396 e. The molecule has 0 bridgehead atoms. The van der Waals surface area contributed by atoms with Crippen LogP contribution in [0.1, 0.15) is 40.0 Å². The van der Waals surface area contributed by atoms with Crippen LogP contribution in [0, 0.1) is 11.3 Å². The lowest BCUT2D eigenvalue weighted by molar-refractivity contribution is -0.127. The van der Waals surface area contributed by atoms with Gasteiger partial charge in [0.2, 0.25) is 5.91 Å². The van der Waals surface area contributed by atoms with Crippen LogP contribution in [0.3, 0.4) is 0 Å². The van der Waals surface area contributed by atoms with Gasteiger partial charge in [-0.3, -0.25) is 4.79 Å². The molecule has 0 spiro atoms. The van der Waals surface area contributed by atoms with E-state index in [9.17, 15) is 4.79 Å². The maximum absolute atomic E-state index is 11.7. The van der Waals surface area contributed by atoms with Crippen molar-refractivity contribution in [2.75, 3.05) is 19.7 Å². The Kier molecular flexibility index (Phi) is 4.14. The predicted molar refractivity (Wildman–Crippen MR) is 60.5 cm³/mol. The van der Waals surface area contributed by atoms with Gasteiger partial charge in [0.1, 0.15) is 0 Å². The highest BCUT2D eigenvalue weighted by Gasteiger charge is 2.36. The van der Waals surface area contributed by atoms with Crippen LogP contribution >= 0.6 is 0 Å². The van der Waals surface area contributed by atoms with Gasteiger partial charge in [-0.05, 0) is 24.2 Å². The molecule has 0 aromatic rings. The first-order valence-corrected chi connectivity index (χ1v) is 5.84. The average Bonchev–Trinajstić information content (AvgIpc) is 2.48. The van der Waals surface area contributed by atoms with Crippen LogP contribution in [-0.4, -0.2) is 35.6 Å². The van der Waals surface area contributed by atoms with E-state index in [1.165, 1.54) is 0 Å². The van der Waals surface area contributed by atoms with Gasteiger partial charge in [0.05, 0.1) is 0 Å². The van der Waals surface area contributed by atoms with Crippen LogP contribution in [0.15, 0.2) is 0 Å². The van der Waals surface area contributed by atoms with Gasteiger partial charge in [-0.1, -0.05) is 20.8 Å². The van der Waals surface area contributed by atoms with E-state index in [1.807, 2.05) is 4.90 Å². The van der Waals surface area contributed by atoms with Gasteiger partial charge in [-0.2, -0.15) is 0 Å². The number of carbonyl (C=O) groups excluding carboxylic acids is 1. The number of nitrogens with zero attached hydrogens (tertiary/aromatic N) is 1. The molecule has 1 aliphatic rings. The van der Waals surface area contributed by atoms with Crippen molar-refractivity contribution in [2.45, 2.75) is 40.0 Å². The Morgan fingerprint density at radius 1 is 1.40 bits per heavy atom. The highest BCUT2D eigenvalue weighted by atomic mass is 16.3. The summed E-state index contributed by atoms with van der Waals surface area (Å²) in [6, 6.07) is 0. The molecule has 88 valence electrons. The summed E-state index contributed by atoms with van der Waals surface area (Å²) >= 11 is 0. The summed E-state index contributed by atoms with van der Waals surface area (Å²) in [5, 5.41) is 8.68. The standard InChI is InChI=1S/C12H23NO2/c1-12(2,3)10-8-11(15)13(9-10)6-4-5-7-14/h10,14H,4-9H2,1-3H3. The number of amides is 1. The van der Waals surface area contributed by atoms with Crippen molar-refractivity contribution in [1.29, 1.82) is 0 Å². The third-order valence-electron chi connectivity index (χ3n) is 3.28.